The highest BCUT2D eigenvalue weighted by atomic mass is 79.9. The summed E-state index contributed by atoms with van der Waals surface area (Å²) in [6, 6.07) is 0. The van der Waals surface area contributed by atoms with Crippen LogP contribution in [0.3, 0.4) is 0 Å². The van der Waals surface area contributed by atoms with E-state index in [1.165, 1.54) is 9.75 Å². The lowest BCUT2D eigenvalue weighted by Crippen LogP contribution is -1.62. The second kappa shape index (κ2) is 5.85. The van der Waals surface area contributed by atoms with Gasteiger partial charge in [0, 0.05) is 9.75 Å². The molecule has 0 nitrogen and oxygen atoms in total. The van der Waals surface area contributed by atoms with E-state index in [2.05, 4.69) is 63.7 Å². The summed E-state index contributed by atoms with van der Waals surface area (Å²) in [6.07, 6.45) is 4.01. The van der Waals surface area contributed by atoms with E-state index in [4.69, 9.17) is 0 Å². The van der Waals surface area contributed by atoms with Crippen LogP contribution < -0.4 is 0 Å². The van der Waals surface area contributed by atoms with Gasteiger partial charge in [0.1, 0.15) is 0 Å². The first-order valence-electron chi connectivity index (χ1n) is 3.22. The lowest BCUT2D eigenvalue weighted by Gasteiger charge is -1.86. The Kier molecular flexibility index (Phi) is 5.48. The van der Waals surface area contributed by atoms with Crippen molar-refractivity contribution in [2.45, 2.75) is 0 Å². The van der Waals surface area contributed by atoms with Crippen molar-refractivity contribution in [3.8, 4) is 0 Å². The summed E-state index contributed by atoms with van der Waals surface area (Å²) in [5.74, 6) is 0. The molecule has 5 heteroatoms. The fourth-order valence-corrected chi connectivity index (χ4v) is 3.96. The minimum atomic E-state index is 1.09. The summed E-state index contributed by atoms with van der Waals surface area (Å²) >= 11 is 15.2. The van der Waals surface area contributed by atoms with Gasteiger partial charge in [0.05, 0.1) is 8.95 Å². The highest BCUT2D eigenvalue weighted by Gasteiger charge is 2.09. The molecule has 1 rings (SSSR count). The minimum absolute atomic E-state index is 1.09. The molecule has 0 aliphatic carbocycles. The van der Waals surface area contributed by atoms with Crippen molar-refractivity contribution in [3.05, 3.63) is 28.7 Å². The molecule has 0 unspecified atom stereocenters. The van der Waals surface area contributed by atoms with Crippen LogP contribution >= 0.6 is 75.1 Å². The fraction of sp³-hybridized carbons (Fsp3) is 0. The summed E-state index contributed by atoms with van der Waals surface area (Å²) in [6.45, 7) is 0. The monoisotopic (exact) mass is 448 g/mol. The van der Waals surface area contributed by atoms with Crippen molar-refractivity contribution >= 4 is 87.2 Å². The van der Waals surface area contributed by atoms with Gasteiger partial charge >= 0.3 is 0 Å². The molecule has 0 amide bonds. The van der Waals surface area contributed by atoms with Gasteiger partial charge in [-0.15, -0.1) is 11.3 Å². The van der Waals surface area contributed by atoms with Crippen molar-refractivity contribution in [1.29, 1.82) is 0 Å². The highest BCUT2D eigenvalue weighted by Crippen LogP contribution is 2.39. The van der Waals surface area contributed by atoms with Gasteiger partial charge in [-0.3, -0.25) is 0 Å². The van der Waals surface area contributed by atoms with Crippen molar-refractivity contribution < 1.29 is 0 Å². The van der Waals surface area contributed by atoms with E-state index < -0.39 is 0 Å². The molecular weight excluding hydrogens is 448 g/mol. The number of thiophene rings is 1. The van der Waals surface area contributed by atoms with Gasteiger partial charge < -0.3 is 0 Å². The molecule has 0 aliphatic heterocycles. The van der Waals surface area contributed by atoms with Crippen molar-refractivity contribution in [2.75, 3.05) is 0 Å². The topological polar surface area (TPSA) is 0 Å². The van der Waals surface area contributed by atoms with E-state index in [0.29, 0.717) is 0 Å². The average molecular weight is 452 g/mol. The van der Waals surface area contributed by atoms with Crippen LogP contribution in [0.4, 0.5) is 0 Å². The Labute approximate surface area is 115 Å². The lowest BCUT2D eigenvalue weighted by molar-refractivity contribution is 1.73. The number of hydrogen-bond donors (Lipinski definition) is 0. The predicted molar refractivity (Wildman–Crippen MR) is 75.6 cm³/mol. The van der Waals surface area contributed by atoms with Gasteiger partial charge in [-0.05, 0) is 54.0 Å². The van der Waals surface area contributed by atoms with Gasteiger partial charge in [-0.25, -0.2) is 0 Å². The summed E-state index contributed by atoms with van der Waals surface area (Å²) < 4.78 is 2.18. The molecule has 0 saturated carbocycles. The van der Waals surface area contributed by atoms with Crippen molar-refractivity contribution in [3.63, 3.8) is 0 Å². The summed E-state index contributed by atoms with van der Waals surface area (Å²) in [5.41, 5.74) is 0. The number of rotatable bonds is 2. The molecule has 0 saturated heterocycles. The molecule has 1 heterocycles. The maximum Gasteiger partial charge on any atom is 0.0504 e. The quantitative estimate of drug-likeness (QED) is 0.517. The summed E-state index contributed by atoms with van der Waals surface area (Å²) in [5, 5.41) is 0. The molecular formula is C8H4Br4S. The summed E-state index contributed by atoms with van der Waals surface area (Å²) in [7, 11) is 0. The first kappa shape index (κ1) is 12.2. The largest absolute Gasteiger partial charge is 0.134 e. The zero-order valence-corrected chi connectivity index (χ0v) is 13.4. The summed E-state index contributed by atoms with van der Waals surface area (Å²) in [4.78, 5) is 6.06. The van der Waals surface area contributed by atoms with Crippen molar-refractivity contribution in [2.24, 2.45) is 0 Å². The lowest BCUT2D eigenvalue weighted by atomic mass is 10.4. The van der Waals surface area contributed by atoms with E-state index in [1.807, 2.05) is 22.1 Å². The highest BCUT2D eigenvalue weighted by molar-refractivity contribution is 9.13. The normalized spacial score (nSPS) is 12.0. The zero-order valence-electron chi connectivity index (χ0n) is 6.23. The Hall–Kier alpha value is 1.10. The molecule has 0 atom stereocenters. The van der Waals surface area contributed by atoms with E-state index >= 15 is 0 Å². The SMILES string of the molecule is Br/C=C/c1sc(/C=C/Br)c(Br)c1Br. The van der Waals surface area contributed by atoms with Crippen LogP contribution in [0.25, 0.3) is 12.2 Å². The Bertz CT molecular complexity index is 319. The Morgan fingerprint density at radius 3 is 1.54 bits per heavy atom. The van der Waals surface area contributed by atoms with Gasteiger partial charge in [0.15, 0.2) is 0 Å². The van der Waals surface area contributed by atoms with Gasteiger partial charge in [0.25, 0.3) is 0 Å². The molecule has 0 aliphatic rings. The van der Waals surface area contributed by atoms with Crippen LogP contribution in [0.1, 0.15) is 9.75 Å². The maximum absolute atomic E-state index is 3.51. The zero-order chi connectivity index (χ0) is 9.84. The van der Waals surface area contributed by atoms with Crippen molar-refractivity contribution in [1.82, 2.24) is 0 Å². The van der Waals surface area contributed by atoms with Gasteiger partial charge in [-0.1, -0.05) is 31.9 Å². The molecule has 0 bridgehead atoms. The first-order valence-corrected chi connectivity index (χ1v) is 7.45. The van der Waals surface area contributed by atoms with E-state index in [-0.39, 0.29) is 0 Å². The maximum atomic E-state index is 3.51. The molecule has 0 spiro atoms. The molecule has 0 N–H and O–H groups in total. The molecule has 1 aromatic rings. The number of hydrogen-bond acceptors (Lipinski definition) is 1. The van der Waals surface area contributed by atoms with Crippen LogP contribution in [0.5, 0.6) is 0 Å². The molecule has 0 radical (unpaired) electrons. The Morgan fingerprint density at radius 1 is 0.846 bits per heavy atom. The molecule has 0 aromatic carbocycles. The third-order valence-corrected chi connectivity index (χ3v) is 5.63. The third-order valence-electron chi connectivity index (χ3n) is 1.27. The molecule has 70 valence electrons. The van der Waals surface area contributed by atoms with E-state index in [9.17, 15) is 0 Å². The Balaban J connectivity index is 3.19. The molecule has 13 heavy (non-hydrogen) atoms. The second-order valence-corrected chi connectivity index (χ2v) is 5.77. The van der Waals surface area contributed by atoms with Crippen LogP contribution in [0.15, 0.2) is 18.9 Å². The van der Waals surface area contributed by atoms with Crippen LogP contribution in [0, 0.1) is 0 Å². The average Bonchev–Trinajstić information content (AvgIpc) is 2.36. The van der Waals surface area contributed by atoms with E-state index in [1.54, 1.807) is 11.3 Å². The molecule has 0 fully saturated rings. The standard InChI is InChI=1S/C8H4Br4S/c9-3-1-5-7(11)8(12)6(13-5)2-4-10/h1-4H/b3-1+,4-2+. The first-order chi connectivity index (χ1) is 6.20. The molecule has 1 aromatic heterocycles. The Morgan fingerprint density at radius 2 is 1.23 bits per heavy atom. The van der Waals surface area contributed by atoms with Gasteiger partial charge in [0.2, 0.25) is 0 Å². The van der Waals surface area contributed by atoms with Crippen LogP contribution in [0.2, 0.25) is 0 Å². The predicted octanol–water partition coefficient (Wildman–Crippen LogP) is 6.00. The second-order valence-electron chi connectivity index (χ2n) is 2.04. The van der Waals surface area contributed by atoms with Crippen LogP contribution in [-0.2, 0) is 0 Å². The fourth-order valence-electron chi connectivity index (χ4n) is 0.753. The van der Waals surface area contributed by atoms with Crippen LogP contribution in [-0.4, -0.2) is 0 Å². The number of halogens is 4. The van der Waals surface area contributed by atoms with E-state index in [0.717, 1.165) is 8.95 Å². The minimum Gasteiger partial charge on any atom is -0.134 e. The smallest absolute Gasteiger partial charge is 0.0504 e. The third kappa shape index (κ3) is 3.02. The van der Waals surface area contributed by atoms with Gasteiger partial charge in [-0.2, -0.15) is 0 Å².